The second-order valence-electron chi connectivity index (χ2n) is 9.61. The number of aliphatic hydroxyl groups is 1. The number of esters is 1. The Balaban J connectivity index is 1.82. The Hall–Kier alpha value is -2.29. The molecule has 1 N–H and O–H groups in total. The quantitative estimate of drug-likeness (QED) is 0.398. The highest BCUT2D eigenvalue weighted by atomic mass is 35.5. The Morgan fingerprint density at radius 2 is 2.06 bits per heavy atom. The molecule has 188 valence electrons. The van der Waals surface area contributed by atoms with Crippen molar-refractivity contribution in [3.63, 3.8) is 0 Å². The van der Waals surface area contributed by atoms with E-state index in [-0.39, 0.29) is 31.6 Å². The molecular formula is C26H31ClN2O5S. The maximum absolute atomic E-state index is 14.3. The Morgan fingerprint density at radius 1 is 1.34 bits per heavy atom. The maximum atomic E-state index is 14.3. The van der Waals surface area contributed by atoms with E-state index < -0.39 is 39.4 Å². The predicted molar refractivity (Wildman–Crippen MR) is 137 cm³/mol. The van der Waals surface area contributed by atoms with Crippen LogP contribution in [0.1, 0.15) is 26.7 Å². The number of hydrogen-bond acceptors (Lipinski definition) is 6. The van der Waals surface area contributed by atoms with Crippen LogP contribution in [0.15, 0.2) is 49.6 Å². The number of amides is 2. The number of fused-ring (bicyclic) bond motifs is 1. The fourth-order valence-electron chi connectivity index (χ4n) is 6.05. The number of anilines is 1. The van der Waals surface area contributed by atoms with Crippen LogP contribution in [0.3, 0.4) is 0 Å². The molecule has 6 atom stereocenters. The van der Waals surface area contributed by atoms with Crippen molar-refractivity contribution in [2.24, 2.45) is 11.8 Å². The van der Waals surface area contributed by atoms with Gasteiger partial charge in [0, 0.05) is 11.3 Å². The van der Waals surface area contributed by atoms with E-state index in [1.54, 1.807) is 53.9 Å². The van der Waals surface area contributed by atoms with Gasteiger partial charge in [-0.1, -0.05) is 42.5 Å². The van der Waals surface area contributed by atoms with Crippen molar-refractivity contribution in [3.05, 3.63) is 54.6 Å². The molecule has 35 heavy (non-hydrogen) atoms. The Morgan fingerprint density at radius 3 is 2.69 bits per heavy atom. The molecule has 3 fully saturated rings. The fourth-order valence-corrected chi connectivity index (χ4v) is 8.61. The average Bonchev–Trinajstić information content (AvgIpc) is 3.41. The summed E-state index contributed by atoms with van der Waals surface area (Å²) in [7, 11) is 0. The number of benzene rings is 1. The highest BCUT2D eigenvalue weighted by molar-refractivity contribution is 8.02. The van der Waals surface area contributed by atoms with Crippen LogP contribution in [-0.4, -0.2) is 69.1 Å². The number of nitrogens with zero attached hydrogens (tertiary/aromatic N) is 2. The van der Waals surface area contributed by atoms with Crippen molar-refractivity contribution >= 4 is 46.8 Å². The number of aliphatic hydroxyl groups excluding tert-OH is 1. The number of rotatable bonds is 9. The Bertz CT molecular complexity index is 1070. The molecule has 7 nitrogen and oxygen atoms in total. The first-order chi connectivity index (χ1) is 16.7. The second-order valence-corrected chi connectivity index (χ2v) is 11.9. The standard InChI is InChI=1S/C26H31ClN2O5S/c1-5-13-28(18-10-8-7-9-17(18)27)23(32)21-26-12-11-25(4,35-26)20(24(33)34-14-6-2)19(26)22(31)29(21)16(3)15-30/h5-10,16,19-21,30H,1-2,11-15H2,3-4H3/t16-,19+,20+,21?,25-,26?/m1/s1. The third kappa shape index (κ3) is 3.90. The molecule has 3 aliphatic heterocycles. The van der Waals surface area contributed by atoms with Gasteiger partial charge in [-0.3, -0.25) is 14.4 Å². The van der Waals surface area contributed by atoms with Gasteiger partial charge in [-0.15, -0.1) is 18.3 Å². The Kier molecular flexibility index (Phi) is 7.10. The first-order valence-electron chi connectivity index (χ1n) is 11.7. The minimum atomic E-state index is -0.873. The van der Waals surface area contributed by atoms with E-state index in [1.165, 1.54) is 11.0 Å². The number of hydrogen-bond donors (Lipinski definition) is 1. The topological polar surface area (TPSA) is 87.1 Å². The summed E-state index contributed by atoms with van der Waals surface area (Å²) in [6, 6.07) is 5.56. The van der Waals surface area contributed by atoms with Crippen LogP contribution in [-0.2, 0) is 19.1 Å². The van der Waals surface area contributed by atoms with Crippen LogP contribution >= 0.6 is 23.4 Å². The molecule has 1 aromatic rings. The third-order valence-electron chi connectivity index (χ3n) is 7.51. The number of likely N-dealkylation sites (tertiary alicyclic amines) is 1. The van der Waals surface area contributed by atoms with Crippen LogP contribution < -0.4 is 4.90 Å². The smallest absolute Gasteiger partial charge is 0.311 e. The van der Waals surface area contributed by atoms with Crippen molar-refractivity contribution in [2.45, 2.75) is 48.3 Å². The van der Waals surface area contributed by atoms with Gasteiger partial charge in [0.05, 0.1) is 39.9 Å². The lowest BCUT2D eigenvalue weighted by atomic mass is 9.66. The number of para-hydroxylation sites is 1. The maximum Gasteiger partial charge on any atom is 0.311 e. The van der Waals surface area contributed by atoms with E-state index in [9.17, 15) is 19.5 Å². The molecule has 0 aliphatic carbocycles. The molecule has 3 aliphatic rings. The van der Waals surface area contributed by atoms with Gasteiger partial charge in [0.1, 0.15) is 12.6 Å². The molecule has 9 heteroatoms. The molecule has 0 aromatic heterocycles. The van der Waals surface area contributed by atoms with Gasteiger partial charge < -0.3 is 19.6 Å². The minimum absolute atomic E-state index is 0.0583. The summed E-state index contributed by atoms with van der Waals surface area (Å²) in [5.74, 6) is -2.44. The number of thioether (sulfide) groups is 1. The van der Waals surface area contributed by atoms with Gasteiger partial charge in [-0.25, -0.2) is 0 Å². The van der Waals surface area contributed by atoms with Gasteiger partial charge in [0.25, 0.3) is 5.91 Å². The number of carbonyl (C=O) groups excluding carboxylic acids is 3. The summed E-state index contributed by atoms with van der Waals surface area (Å²) < 4.78 is 4.08. The van der Waals surface area contributed by atoms with Gasteiger partial charge in [-0.2, -0.15) is 0 Å². The van der Waals surface area contributed by atoms with E-state index in [0.717, 1.165) is 0 Å². The zero-order valence-electron chi connectivity index (χ0n) is 20.0. The summed E-state index contributed by atoms with van der Waals surface area (Å²) in [5, 5.41) is 10.4. The van der Waals surface area contributed by atoms with Crippen LogP contribution in [0.25, 0.3) is 0 Å². The van der Waals surface area contributed by atoms with Crippen molar-refractivity contribution in [1.82, 2.24) is 4.90 Å². The van der Waals surface area contributed by atoms with E-state index in [1.807, 2.05) is 6.92 Å². The molecule has 1 spiro atoms. The summed E-state index contributed by atoms with van der Waals surface area (Å²) in [6.45, 7) is 11.1. The second kappa shape index (κ2) is 9.64. The summed E-state index contributed by atoms with van der Waals surface area (Å²) in [6.07, 6.45) is 4.39. The number of halogens is 1. The molecule has 1 aromatic carbocycles. The first-order valence-corrected chi connectivity index (χ1v) is 12.9. The molecule has 3 saturated heterocycles. The van der Waals surface area contributed by atoms with E-state index in [0.29, 0.717) is 23.6 Å². The van der Waals surface area contributed by atoms with Gasteiger partial charge in [0.15, 0.2) is 0 Å². The van der Waals surface area contributed by atoms with Crippen molar-refractivity contribution < 1.29 is 24.2 Å². The predicted octanol–water partition coefficient (Wildman–Crippen LogP) is 3.45. The summed E-state index contributed by atoms with van der Waals surface area (Å²) >= 11 is 8.01. The van der Waals surface area contributed by atoms with Gasteiger partial charge in [0.2, 0.25) is 5.91 Å². The first kappa shape index (κ1) is 25.8. The zero-order chi connectivity index (χ0) is 25.5. The van der Waals surface area contributed by atoms with Gasteiger partial charge in [-0.05, 0) is 38.8 Å². The number of carbonyl (C=O) groups is 3. The highest BCUT2D eigenvalue weighted by Crippen LogP contribution is 2.71. The number of ether oxygens (including phenoxy) is 1. The van der Waals surface area contributed by atoms with E-state index in [2.05, 4.69) is 13.2 Å². The largest absolute Gasteiger partial charge is 0.461 e. The molecule has 2 unspecified atom stereocenters. The summed E-state index contributed by atoms with van der Waals surface area (Å²) in [4.78, 5) is 44.5. The van der Waals surface area contributed by atoms with Crippen LogP contribution in [0, 0.1) is 11.8 Å². The van der Waals surface area contributed by atoms with Crippen LogP contribution in [0.2, 0.25) is 5.02 Å². The molecule has 2 bridgehead atoms. The van der Waals surface area contributed by atoms with Crippen molar-refractivity contribution in [1.29, 1.82) is 0 Å². The lowest BCUT2D eigenvalue weighted by Gasteiger charge is -2.39. The third-order valence-corrected chi connectivity index (χ3v) is 9.81. The van der Waals surface area contributed by atoms with Crippen LogP contribution in [0.4, 0.5) is 5.69 Å². The SMILES string of the molecule is C=CCOC(=O)[C@@H]1[C@H]2C(=O)N([C@H](C)CO)C(C(=O)N(CC=C)c3ccccc3Cl)C23CC[C@@]1(C)S3. The lowest BCUT2D eigenvalue weighted by molar-refractivity contribution is -0.155. The zero-order valence-corrected chi connectivity index (χ0v) is 21.6. The van der Waals surface area contributed by atoms with E-state index in [4.69, 9.17) is 16.3 Å². The molecule has 3 heterocycles. The van der Waals surface area contributed by atoms with E-state index >= 15 is 0 Å². The van der Waals surface area contributed by atoms with Crippen LogP contribution in [0.5, 0.6) is 0 Å². The fraction of sp³-hybridized carbons (Fsp3) is 0.500. The molecule has 2 amide bonds. The molecule has 0 radical (unpaired) electrons. The average molecular weight is 519 g/mol. The van der Waals surface area contributed by atoms with Crippen molar-refractivity contribution in [3.8, 4) is 0 Å². The van der Waals surface area contributed by atoms with Gasteiger partial charge >= 0.3 is 5.97 Å². The normalized spacial score (nSPS) is 31.7. The minimum Gasteiger partial charge on any atom is -0.461 e. The lowest BCUT2D eigenvalue weighted by Crippen LogP contribution is -2.57. The molecule has 0 saturated carbocycles. The monoisotopic (exact) mass is 518 g/mol. The van der Waals surface area contributed by atoms with Crippen molar-refractivity contribution in [2.75, 3.05) is 24.7 Å². The Labute approximate surface area is 215 Å². The summed E-state index contributed by atoms with van der Waals surface area (Å²) in [5.41, 5.74) is 0.522. The molecule has 4 rings (SSSR count). The molecular weight excluding hydrogens is 488 g/mol. The highest BCUT2D eigenvalue weighted by Gasteiger charge is 2.78.